The van der Waals surface area contributed by atoms with E-state index in [9.17, 15) is 19.5 Å². The van der Waals surface area contributed by atoms with E-state index in [1.807, 2.05) is 6.08 Å². The van der Waals surface area contributed by atoms with Gasteiger partial charge in [-0.1, -0.05) is 109 Å². The summed E-state index contributed by atoms with van der Waals surface area (Å²) >= 11 is 0. The van der Waals surface area contributed by atoms with Crippen LogP contribution in [0.4, 0.5) is 0 Å². The van der Waals surface area contributed by atoms with Crippen LogP contribution < -0.4 is 5.11 Å². The molecule has 0 rings (SSSR count). The normalized spacial score (nSPS) is 13.2. The first-order chi connectivity index (χ1) is 20.6. The molecule has 0 radical (unpaired) electrons. The second kappa shape index (κ2) is 27.6. The van der Waals surface area contributed by atoms with Gasteiger partial charge in [-0.2, -0.15) is 0 Å². The summed E-state index contributed by atoms with van der Waals surface area (Å²) in [7, 11) is 5.37. The Morgan fingerprint density at radius 2 is 1.21 bits per heavy atom. The van der Waals surface area contributed by atoms with E-state index in [1.165, 1.54) is 70.6 Å². The number of nitrogens with zero attached hydrogens (tertiary/aromatic N) is 1. The highest BCUT2D eigenvalue weighted by molar-refractivity contribution is 5.70. The van der Waals surface area contributed by atoms with Crippen molar-refractivity contribution in [1.29, 1.82) is 0 Å². The fraction of sp³-hybridized carbons (Fsp3) is 0.857. The molecular weight excluding hydrogens is 546 g/mol. The zero-order valence-corrected chi connectivity index (χ0v) is 28.4. The molecule has 0 aliphatic carbocycles. The van der Waals surface area contributed by atoms with E-state index in [0.717, 1.165) is 32.1 Å². The molecular formula is C35H65NO7. The van der Waals surface area contributed by atoms with Gasteiger partial charge in [0.2, 0.25) is 0 Å². The molecule has 43 heavy (non-hydrogen) atoms. The number of ether oxygens (including phenoxy) is 3. The van der Waals surface area contributed by atoms with Crippen LogP contribution in [0.1, 0.15) is 142 Å². The zero-order valence-electron chi connectivity index (χ0n) is 28.4. The second-order valence-corrected chi connectivity index (χ2v) is 12.8. The van der Waals surface area contributed by atoms with Gasteiger partial charge in [-0.25, -0.2) is 0 Å². The van der Waals surface area contributed by atoms with Crippen molar-refractivity contribution in [2.75, 3.05) is 41.0 Å². The van der Waals surface area contributed by atoms with Crippen LogP contribution in [0, 0.1) is 0 Å². The third kappa shape index (κ3) is 26.2. The maximum atomic E-state index is 12.5. The molecule has 0 aromatic heterocycles. The fourth-order valence-electron chi connectivity index (χ4n) is 4.91. The average molecular weight is 612 g/mol. The fourth-order valence-corrected chi connectivity index (χ4v) is 4.91. The van der Waals surface area contributed by atoms with Gasteiger partial charge in [0.25, 0.3) is 0 Å². The molecule has 0 saturated heterocycles. The number of likely N-dealkylation sites (N-methyl/N-ethyl adjacent to an activating group) is 1. The van der Waals surface area contributed by atoms with Crippen LogP contribution in [0.2, 0.25) is 0 Å². The van der Waals surface area contributed by atoms with Crippen LogP contribution in [-0.4, -0.2) is 75.5 Å². The Bertz CT molecular complexity index is 732. The molecule has 8 nitrogen and oxygen atoms in total. The van der Waals surface area contributed by atoms with Gasteiger partial charge in [-0.3, -0.25) is 9.59 Å². The minimum absolute atomic E-state index is 0.0294. The number of carboxylic acid groups (broad SMARTS) is 1. The van der Waals surface area contributed by atoms with Crippen molar-refractivity contribution in [3.8, 4) is 0 Å². The van der Waals surface area contributed by atoms with Crippen LogP contribution in [0.15, 0.2) is 12.2 Å². The highest BCUT2D eigenvalue weighted by Crippen LogP contribution is 2.13. The number of rotatable bonds is 30. The van der Waals surface area contributed by atoms with Crippen LogP contribution in [0.3, 0.4) is 0 Å². The lowest BCUT2D eigenvalue weighted by molar-refractivity contribution is -0.889. The third-order valence-electron chi connectivity index (χ3n) is 7.67. The third-order valence-corrected chi connectivity index (χ3v) is 7.67. The number of allylic oxidation sites excluding steroid dienone is 2. The van der Waals surface area contributed by atoms with E-state index in [1.54, 1.807) is 21.1 Å². The number of carbonyl (C=O) groups is 3. The van der Waals surface area contributed by atoms with Gasteiger partial charge in [0.1, 0.15) is 12.6 Å². The van der Waals surface area contributed by atoms with Crippen molar-refractivity contribution in [1.82, 2.24) is 0 Å². The van der Waals surface area contributed by atoms with E-state index in [-0.39, 0.29) is 49.1 Å². The van der Waals surface area contributed by atoms with Crippen LogP contribution in [0.25, 0.3) is 0 Å². The second-order valence-electron chi connectivity index (χ2n) is 12.8. The first-order valence-electron chi connectivity index (χ1n) is 17.2. The lowest BCUT2D eigenvalue weighted by atomic mass is 10.1. The van der Waals surface area contributed by atoms with Gasteiger partial charge >= 0.3 is 11.9 Å². The number of quaternary nitrogens is 1. The molecule has 252 valence electrons. The molecule has 0 aliphatic rings. The monoisotopic (exact) mass is 611 g/mol. The molecule has 2 unspecified atom stereocenters. The summed E-state index contributed by atoms with van der Waals surface area (Å²) in [5.74, 6) is -1.80. The summed E-state index contributed by atoms with van der Waals surface area (Å²) in [4.78, 5) is 36.3. The Hall–Kier alpha value is -1.93. The molecule has 0 saturated carbocycles. The predicted molar refractivity (Wildman–Crippen MR) is 171 cm³/mol. The Balaban J connectivity index is 4.49. The molecule has 0 N–H and O–H groups in total. The lowest BCUT2D eigenvalue weighted by Gasteiger charge is -2.34. The maximum Gasteiger partial charge on any atom is 0.306 e. The molecule has 0 amide bonds. The van der Waals surface area contributed by atoms with E-state index < -0.39 is 18.1 Å². The van der Waals surface area contributed by atoms with E-state index in [4.69, 9.17) is 14.2 Å². The molecule has 0 heterocycles. The molecule has 0 aromatic carbocycles. The van der Waals surface area contributed by atoms with Crippen LogP contribution >= 0.6 is 0 Å². The summed E-state index contributed by atoms with van der Waals surface area (Å²) in [6.07, 6.45) is 24.0. The highest BCUT2D eigenvalue weighted by Gasteiger charge is 2.25. The summed E-state index contributed by atoms with van der Waals surface area (Å²) in [5, 5.41) is 11.5. The van der Waals surface area contributed by atoms with Gasteiger partial charge < -0.3 is 28.6 Å². The molecule has 2 atom stereocenters. The van der Waals surface area contributed by atoms with Crippen molar-refractivity contribution in [3.63, 3.8) is 0 Å². The van der Waals surface area contributed by atoms with Crippen molar-refractivity contribution >= 4 is 17.9 Å². The zero-order chi connectivity index (χ0) is 32.2. The Labute approximate surface area is 263 Å². The minimum Gasteiger partial charge on any atom is -0.544 e. The number of hydrogen-bond acceptors (Lipinski definition) is 7. The Morgan fingerprint density at radius 1 is 0.674 bits per heavy atom. The van der Waals surface area contributed by atoms with Crippen molar-refractivity contribution in [3.05, 3.63) is 12.2 Å². The van der Waals surface area contributed by atoms with Gasteiger partial charge in [-0.15, -0.1) is 0 Å². The standard InChI is InChI=1S/C35H65NO7/c1-6-8-10-12-14-16-17-18-20-21-23-25-33(37)42-30-31(29-41-28-27-32(35(39)40)36(3,4)5)43-34(38)26-24-22-19-15-13-11-9-7-2/h19,22,31-32H,6-18,20-21,23-30H2,1-5H3/b22-19+. The quantitative estimate of drug-likeness (QED) is 0.0386. The summed E-state index contributed by atoms with van der Waals surface area (Å²) in [5.41, 5.74) is 0. The number of aliphatic carboxylic acids is 1. The number of unbranched alkanes of at least 4 members (excludes halogenated alkanes) is 14. The smallest absolute Gasteiger partial charge is 0.306 e. The van der Waals surface area contributed by atoms with E-state index in [2.05, 4.69) is 19.9 Å². The first kappa shape index (κ1) is 41.1. The molecule has 0 spiro atoms. The largest absolute Gasteiger partial charge is 0.544 e. The molecule has 0 bridgehead atoms. The van der Waals surface area contributed by atoms with Gasteiger partial charge in [0, 0.05) is 19.3 Å². The van der Waals surface area contributed by atoms with Crippen LogP contribution in [0.5, 0.6) is 0 Å². The Kier molecular flexibility index (Phi) is 26.4. The summed E-state index contributed by atoms with van der Waals surface area (Å²) < 4.78 is 16.9. The Morgan fingerprint density at radius 3 is 1.77 bits per heavy atom. The molecule has 0 aliphatic heterocycles. The highest BCUT2D eigenvalue weighted by atomic mass is 16.6. The van der Waals surface area contributed by atoms with Gasteiger partial charge in [0.15, 0.2) is 6.10 Å². The average Bonchev–Trinajstić information content (AvgIpc) is 2.94. The molecule has 8 heteroatoms. The summed E-state index contributed by atoms with van der Waals surface area (Å²) in [6, 6.07) is -0.724. The molecule has 0 aromatic rings. The number of hydrogen-bond donors (Lipinski definition) is 0. The summed E-state index contributed by atoms with van der Waals surface area (Å²) in [6.45, 7) is 4.55. The number of carboxylic acids is 1. The maximum absolute atomic E-state index is 12.5. The predicted octanol–water partition coefficient (Wildman–Crippen LogP) is 6.68. The van der Waals surface area contributed by atoms with Crippen molar-refractivity contribution < 1.29 is 38.2 Å². The number of carbonyl (C=O) groups excluding carboxylic acids is 3. The SMILES string of the molecule is CCCCCC/C=C/CCC(=O)OC(COCCC(C(=O)[O-])[N+](C)(C)C)COC(=O)CCCCCCCCCCCCC. The van der Waals surface area contributed by atoms with E-state index >= 15 is 0 Å². The van der Waals surface area contributed by atoms with Crippen LogP contribution in [-0.2, 0) is 28.6 Å². The van der Waals surface area contributed by atoms with Crippen molar-refractivity contribution in [2.45, 2.75) is 154 Å². The van der Waals surface area contributed by atoms with Gasteiger partial charge in [-0.05, 0) is 25.7 Å². The molecule has 0 fully saturated rings. The number of esters is 2. The van der Waals surface area contributed by atoms with Gasteiger partial charge in [0.05, 0.1) is 40.3 Å². The first-order valence-corrected chi connectivity index (χ1v) is 17.2. The van der Waals surface area contributed by atoms with Crippen molar-refractivity contribution in [2.24, 2.45) is 0 Å². The van der Waals surface area contributed by atoms with E-state index in [0.29, 0.717) is 12.8 Å². The topological polar surface area (TPSA) is 102 Å². The minimum atomic E-state index is -1.13. The lowest BCUT2D eigenvalue weighted by Crippen LogP contribution is -2.55.